The van der Waals surface area contributed by atoms with Gasteiger partial charge in [-0.3, -0.25) is 4.79 Å². The summed E-state index contributed by atoms with van der Waals surface area (Å²) < 4.78 is 1.63. The number of aromatic nitrogens is 5. The van der Waals surface area contributed by atoms with Crippen LogP contribution in [0.2, 0.25) is 0 Å². The molecule has 0 aliphatic rings. The van der Waals surface area contributed by atoms with Crippen molar-refractivity contribution in [3.8, 4) is 5.69 Å². The lowest BCUT2D eigenvalue weighted by Gasteiger charge is -2.10. The van der Waals surface area contributed by atoms with E-state index in [0.717, 1.165) is 11.3 Å². The van der Waals surface area contributed by atoms with Gasteiger partial charge in [0, 0.05) is 11.6 Å². The van der Waals surface area contributed by atoms with E-state index in [-0.39, 0.29) is 11.2 Å². The van der Waals surface area contributed by atoms with Crippen LogP contribution in [0.1, 0.15) is 12.5 Å². The Morgan fingerprint density at radius 3 is 3.04 bits per heavy atom. The minimum absolute atomic E-state index is 0.135. The second-order valence-electron chi connectivity index (χ2n) is 4.80. The van der Waals surface area contributed by atoms with E-state index in [1.807, 2.05) is 43.5 Å². The second-order valence-corrected chi connectivity index (χ2v) is 7.00. The summed E-state index contributed by atoms with van der Waals surface area (Å²) in [7, 11) is 0. The Morgan fingerprint density at radius 1 is 1.43 bits per heavy atom. The number of aryl methyl sites for hydroxylation is 1. The van der Waals surface area contributed by atoms with Gasteiger partial charge in [-0.25, -0.2) is 4.98 Å². The molecule has 1 aromatic carbocycles. The average Bonchev–Trinajstić information content (AvgIpc) is 3.18. The number of anilines is 1. The fourth-order valence-corrected chi connectivity index (χ4v) is 3.22. The third-order valence-corrected chi connectivity index (χ3v) is 4.72. The van der Waals surface area contributed by atoms with Crippen molar-refractivity contribution < 1.29 is 4.79 Å². The quantitative estimate of drug-likeness (QED) is 0.715. The summed E-state index contributed by atoms with van der Waals surface area (Å²) in [6, 6.07) is 7.86. The predicted octanol–water partition coefficient (Wildman–Crippen LogP) is 2.55. The number of tetrazole rings is 1. The lowest BCUT2D eigenvalue weighted by Crippen LogP contribution is -2.22. The number of benzene rings is 1. The van der Waals surface area contributed by atoms with Crippen molar-refractivity contribution in [2.75, 3.05) is 5.32 Å². The van der Waals surface area contributed by atoms with E-state index < -0.39 is 0 Å². The maximum absolute atomic E-state index is 12.2. The number of thioether (sulfide) groups is 1. The minimum atomic E-state index is -0.353. The highest BCUT2D eigenvalue weighted by Gasteiger charge is 2.20. The highest BCUT2D eigenvalue weighted by Crippen LogP contribution is 2.24. The van der Waals surface area contributed by atoms with Crippen LogP contribution < -0.4 is 5.32 Å². The van der Waals surface area contributed by atoms with Crippen molar-refractivity contribution in [1.82, 2.24) is 25.2 Å². The Kier molecular flexibility index (Phi) is 4.68. The summed E-state index contributed by atoms with van der Waals surface area (Å²) in [6.07, 6.45) is 1.65. The van der Waals surface area contributed by atoms with Crippen LogP contribution in [0.3, 0.4) is 0 Å². The molecule has 2 heterocycles. The maximum Gasteiger partial charge on any atom is 0.239 e. The largest absolute Gasteiger partial charge is 0.301 e. The highest BCUT2D eigenvalue weighted by atomic mass is 32.2. The molecule has 1 N–H and O–H groups in total. The van der Waals surface area contributed by atoms with Gasteiger partial charge in [0.1, 0.15) is 0 Å². The monoisotopic (exact) mass is 346 g/mol. The highest BCUT2D eigenvalue weighted by molar-refractivity contribution is 8.00. The van der Waals surface area contributed by atoms with Crippen molar-refractivity contribution in [3.63, 3.8) is 0 Å². The Labute approximate surface area is 141 Å². The van der Waals surface area contributed by atoms with Crippen LogP contribution in [0.15, 0.2) is 41.0 Å². The molecule has 1 amide bonds. The van der Waals surface area contributed by atoms with Gasteiger partial charge in [-0.2, -0.15) is 4.68 Å². The van der Waals surface area contributed by atoms with Crippen LogP contribution in [0, 0.1) is 6.92 Å². The van der Waals surface area contributed by atoms with Crippen LogP contribution in [-0.4, -0.2) is 36.3 Å². The van der Waals surface area contributed by atoms with Gasteiger partial charge in [0.05, 0.1) is 10.9 Å². The van der Waals surface area contributed by atoms with E-state index in [1.165, 1.54) is 23.1 Å². The summed E-state index contributed by atoms with van der Waals surface area (Å²) >= 11 is 2.68. The number of carbonyl (C=O) groups excluding carboxylic acids is 1. The normalized spacial score (nSPS) is 12.1. The summed E-state index contributed by atoms with van der Waals surface area (Å²) in [5.74, 6) is -0.135. The van der Waals surface area contributed by atoms with E-state index in [0.29, 0.717) is 10.3 Å². The van der Waals surface area contributed by atoms with Gasteiger partial charge in [0.2, 0.25) is 11.1 Å². The molecule has 0 fully saturated rings. The molecule has 0 unspecified atom stereocenters. The molecular weight excluding hydrogens is 332 g/mol. The predicted molar refractivity (Wildman–Crippen MR) is 90.0 cm³/mol. The molecule has 0 saturated heterocycles. The molecule has 0 aliphatic heterocycles. The van der Waals surface area contributed by atoms with E-state index in [9.17, 15) is 4.79 Å². The van der Waals surface area contributed by atoms with Gasteiger partial charge in [-0.05, 0) is 42.0 Å². The smallest absolute Gasteiger partial charge is 0.239 e. The summed E-state index contributed by atoms with van der Waals surface area (Å²) in [5, 5.41) is 17.1. The lowest BCUT2D eigenvalue weighted by molar-refractivity contribution is -0.115. The third kappa shape index (κ3) is 3.74. The van der Waals surface area contributed by atoms with E-state index >= 15 is 0 Å². The Hall–Kier alpha value is -2.26. The second kappa shape index (κ2) is 6.88. The summed E-state index contributed by atoms with van der Waals surface area (Å²) in [6.45, 7) is 3.81. The number of carbonyl (C=O) groups is 1. The number of nitrogens with one attached hydrogen (secondary N) is 1. The standard InChI is InChI=1S/C14H14N6OS2/c1-9-4-3-5-11(8-9)20-14(17-18-19-20)23-10(2)12(21)16-13-15-6-7-22-13/h3-8,10H,1-2H3,(H,15,16,21)/t10-/m0/s1. The molecule has 0 bridgehead atoms. The maximum atomic E-state index is 12.2. The first-order valence-corrected chi connectivity index (χ1v) is 8.62. The molecule has 3 aromatic rings. The van der Waals surface area contributed by atoms with Gasteiger partial charge in [0.15, 0.2) is 5.13 Å². The fourth-order valence-electron chi connectivity index (χ4n) is 1.88. The SMILES string of the molecule is Cc1cccc(-n2nnnc2S[C@@H](C)C(=O)Nc2nccs2)c1. The fraction of sp³-hybridized carbons (Fsp3) is 0.214. The van der Waals surface area contributed by atoms with Crippen LogP contribution in [0.5, 0.6) is 0 Å². The van der Waals surface area contributed by atoms with Crippen molar-refractivity contribution >= 4 is 34.1 Å². The average molecular weight is 346 g/mol. The molecule has 3 rings (SSSR count). The molecule has 0 saturated carbocycles. The zero-order valence-electron chi connectivity index (χ0n) is 12.5. The Bertz CT molecular complexity index is 801. The number of amides is 1. The minimum Gasteiger partial charge on any atom is -0.301 e. The van der Waals surface area contributed by atoms with Gasteiger partial charge < -0.3 is 5.32 Å². The van der Waals surface area contributed by atoms with Crippen molar-refractivity contribution in [2.24, 2.45) is 0 Å². The first kappa shape index (κ1) is 15.6. The molecule has 7 nitrogen and oxygen atoms in total. The van der Waals surface area contributed by atoms with Gasteiger partial charge in [-0.1, -0.05) is 23.9 Å². The van der Waals surface area contributed by atoms with Crippen LogP contribution >= 0.6 is 23.1 Å². The third-order valence-electron chi connectivity index (χ3n) is 3.00. The van der Waals surface area contributed by atoms with Crippen molar-refractivity contribution in [3.05, 3.63) is 41.4 Å². The zero-order valence-corrected chi connectivity index (χ0v) is 14.1. The molecular formula is C14H14N6OS2. The molecule has 9 heteroatoms. The van der Waals surface area contributed by atoms with Crippen LogP contribution in [0.4, 0.5) is 5.13 Å². The molecule has 23 heavy (non-hydrogen) atoms. The van der Waals surface area contributed by atoms with Gasteiger partial charge >= 0.3 is 0 Å². The lowest BCUT2D eigenvalue weighted by atomic mass is 10.2. The van der Waals surface area contributed by atoms with Gasteiger partial charge in [0.25, 0.3) is 0 Å². The number of nitrogens with zero attached hydrogens (tertiary/aromatic N) is 5. The van der Waals surface area contributed by atoms with Gasteiger partial charge in [-0.15, -0.1) is 16.4 Å². The van der Waals surface area contributed by atoms with Crippen LogP contribution in [-0.2, 0) is 4.79 Å². The molecule has 1 atom stereocenters. The topological polar surface area (TPSA) is 85.6 Å². The molecule has 0 aliphatic carbocycles. The number of thiazole rings is 1. The summed E-state index contributed by atoms with van der Waals surface area (Å²) in [5.41, 5.74) is 1.98. The first-order chi connectivity index (χ1) is 11.1. The molecule has 0 radical (unpaired) electrons. The Morgan fingerprint density at radius 2 is 2.30 bits per heavy atom. The molecule has 0 spiro atoms. The van der Waals surface area contributed by atoms with Crippen LogP contribution in [0.25, 0.3) is 5.69 Å². The molecule has 118 valence electrons. The zero-order chi connectivity index (χ0) is 16.2. The van der Waals surface area contributed by atoms with Crippen molar-refractivity contribution in [2.45, 2.75) is 24.3 Å². The number of rotatable bonds is 5. The first-order valence-electron chi connectivity index (χ1n) is 6.86. The molecule has 2 aromatic heterocycles. The summed E-state index contributed by atoms with van der Waals surface area (Å²) in [4.78, 5) is 16.2. The van der Waals surface area contributed by atoms with E-state index in [2.05, 4.69) is 25.8 Å². The van der Waals surface area contributed by atoms with Crippen molar-refractivity contribution in [1.29, 1.82) is 0 Å². The number of hydrogen-bond donors (Lipinski definition) is 1. The number of hydrogen-bond acceptors (Lipinski definition) is 7. The Balaban J connectivity index is 1.73. The van der Waals surface area contributed by atoms with E-state index in [4.69, 9.17) is 0 Å². The van der Waals surface area contributed by atoms with E-state index in [1.54, 1.807) is 10.9 Å².